The maximum absolute atomic E-state index is 10.2. The average Bonchev–Trinajstić information content (AvgIpc) is 2.00. The lowest BCUT2D eigenvalue weighted by Gasteiger charge is -2.13. The Labute approximate surface area is 521 Å². The Bertz CT molecular complexity index is 4100. The number of pyridine rings is 3. The van der Waals surface area contributed by atoms with Gasteiger partial charge in [-0.25, -0.2) is 15.0 Å². The third kappa shape index (κ3) is 12.2. The molecule has 3 aliphatic carbocycles. The summed E-state index contributed by atoms with van der Waals surface area (Å²) in [6.45, 7) is 0. The number of thiophene rings is 6. The van der Waals surface area contributed by atoms with Crippen LogP contribution in [-0.4, -0.2) is 46.3 Å². The number of rotatable bonds is 7. The van der Waals surface area contributed by atoms with Crippen molar-refractivity contribution in [3.8, 4) is 71.5 Å². The zero-order valence-electron chi connectivity index (χ0n) is 46.3. The van der Waals surface area contributed by atoms with E-state index in [1.54, 1.807) is 95.2 Å². The van der Waals surface area contributed by atoms with Gasteiger partial charge in [0, 0.05) is 64.6 Å². The van der Waals surface area contributed by atoms with Crippen LogP contribution < -0.4 is 20.7 Å². The first-order chi connectivity index (χ1) is 41.1. The quantitative estimate of drug-likeness (QED) is 0.101. The Hall–Kier alpha value is -6.80. The van der Waals surface area contributed by atoms with Crippen LogP contribution in [0.1, 0.15) is 108 Å². The van der Waals surface area contributed by atoms with E-state index in [-0.39, 0.29) is 0 Å². The molecular weight excluding hydrogens is 1230 g/mol. The van der Waals surface area contributed by atoms with Crippen LogP contribution in [0, 0.1) is 34.0 Å². The largest absolute Gasteiger partial charge is 0.497 e. The van der Waals surface area contributed by atoms with Crippen molar-refractivity contribution in [1.29, 1.82) is 15.8 Å². The molecule has 9 heterocycles. The summed E-state index contributed by atoms with van der Waals surface area (Å²) >= 11 is 13.4. The van der Waals surface area contributed by atoms with E-state index in [4.69, 9.17) is 40.2 Å². The van der Waals surface area contributed by atoms with Gasteiger partial charge in [0.1, 0.15) is 49.2 Å². The fourth-order valence-corrected chi connectivity index (χ4v) is 17.6. The van der Waals surface area contributed by atoms with Crippen molar-refractivity contribution in [3.05, 3.63) is 155 Å². The number of nitriles is 3. The number of anilines is 1. The van der Waals surface area contributed by atoms with Crippen LogP contribution in [0.25, 0.3) is 72.4 Å². The number of nitrogens with two attached hydrogens (primary N) is 1. The summed E-state index contributed by atoms with van der Waals surface area (Å²) in [5.74, 6) is 1.52. The molecule has 0 amide bonds. The smallest absolute Gasteiger partial charge is 0.488 e. The third-order valence-electron chi connectivity index (χ3n) is 15.5. The third-order valence-corrected chi connectivity index (χ3v) is 22.0. The number of hydrogen-bond acceptors (Lipinski definition) is 17. The number of aryl methyl sites for hydroxylation is 3. The van der Waals surface area contributed by atoms with Crippen molar-refractivity contribution in [2.24, 2.45) is 0 Å². The fraction of sp³-hybridized carbons (Fsp3) is 0.262. The number of methoxy groups -OCH3 is 2. The molecule has 9 aromatic heterocycles. The van der Waals surface area contributed by atoms with E-state index < -0.39 is 7.12 Å². The van der Waals surface area contributed by atoms with Crippen LogP contribution in [0.5, 0.6) is 11.5 Å². The number of fused-ring (bicyclic) bond motifs is 6. The van der Waals surface area contributed by atoms with Crippen molar-refractivity contribution < 1.29 is 19.5 Å². The Morgan fingerprint density at radius 1 is 0.500 bits per heavy atom. The van der Waals surface area contributed by atoms with Crippen molar-refractivity contribution >= 4 is 132 Å². The summed E-state index contributed by atoms with van der Waals surface area (Å²) in [5.41, 5.74) is 21.1. The van der Waals surface area contributed by atoms with Crippen LogP contribution in [0.3, 0.4) is 0 Å². The second kappa shape index (κ2) is 27.1. The molecule has 0 fully saturated rings. The molecule has 0 saturated carbocycles. The summed E-state index contributed by atoms with van der Waals surface area (Å²) in [5, 5.41) is 56.6. The lowest BCUT2D eigenvalue weighted by Crippen LogP contribution is -2.29. The van der Waals surface area contributed by atoms with E-state index in [2.05, 4.69) is 86.7 Å². The Morgan fingerprint density at radius 2 is 0.893 bits per heavy atom. The molecule has 4 N–H and O–H groups in total. The van der Waals surface area contributed by atoms with Crippen LogP contribution in [0.15, 0.2) is 105 Å². The van der Waals surface area contributed by atoms with Crippen LogP contribution >= 0.6 is 84.0 Å². The first-order valence-corrected chi connectivity index (χ1v) is 33.8. The van der Waals surface area contributed by atoms with Gasteiger partial charge in [-0.15, -0.1) is 56.7 Å². The first kappa shape index (κ1) is 59.0. The second-order valence-corrected chi connectivity index (χ2v) is 27.7. The van der Waals surface area contributed by atoms with E-state index >= 15 is 0 Å². The molecule has 0 spiro atoms. The topological polar surface area (TPSA) is 195 Å². The number of hydrogen-bond donors (Lipinski definition) is 3. The number of ether oxygens (including phenoxy) is 2. The molecule has 11 aromatic rings. The molecule has 14 rings (SSSR count). The van der Waals surface area contributed by atoms with Gasteiger partial charge in [-0.3, -0.25) is 0 Å². The molecule has 19 heteroatoms. The van der Waals surface area contributed by atoms with E-state index in [0.29, 0.717) is 21.8 Å². The summed E-state index contributed by atoms with van der Waals surface area (Å²) in [6, 6.07) is 34.4. The minimum atomic E-state index is -1.40. The van der Waals surface area contributed by atoms with Crippen LogP contribution in [-0.2, 0) is 38.5 Å². The maximum atomic E-state index is 10.2. The maximum Gasteiger partial charge on any atom is 0.488 e. The molecule has 11 nitrogen and oxygen atoms in total. The van der Waals surface area contributed by atoms with E-state index in [9.17, 15) is 15.8 Å². The minimum absolute atomic E-state index is 0.464. The molecule has 3 aliphatic rings. The molecule has 0 bridgehead atoms. The molecule has 0 saturated heterocycles. The number of benzene rings is 2. The highest BCUT2D eigenvalue weighted by molar-refractivity contribution is 9.11. The SMILES string of the molecule is COc1ccc(-c2sc3nc4c(c(-c5cccs5)c3c2C#N)CCCCC4)cc1.COc1ccc(B(O)O)cc1.N#Cc1c(Br)sc2nc3c(c(-c4cccs4)c12)CCCCC3.N#Cc1c(N)sc2nc3c(c(-c4cccs4)c12)CCCCC3. The van der Waals surface area contributed by atoms with Gasteiger partial charge in [0.05, 0.1) is 39.6 Å². The van der Waals surface area contributed by atoms with Gasteiger partial charge in [0.25, 0.3) is 0 Å². The van der Waals surface area contributed by atoms with Gasteiger partial charge >= 0.3 is 7.12 Å². The molecule has 0 unspecified atom stereocenters. The molecule has 2 aromatic carbocycles. The predicted molar refractivity (Wildman–Crippen MR) is 354 cm³/mol. The number of nitrogen functional groups attached to an aromatic ring is 1. The molecule has 0 atom stereocenters. The van der Waals surface area contributed by atoms with Crippen molar-refractivity contribution in [2.75, 3.05) is 20.0 Å². The lowest BCUT2D eigenvalue weighted by molar-refractivity contribution is 0.414. The Balaban J connectivity index is 0.000000122. The minimum Gasteiger partial charge on any atom is -0.497 e. The predicted octanol–water partition coefficient (Wildman–Crippen LogP) is 16.9. The highest BCUT2D eigenvalue weighted by atomic mass is 79.9. The van der Waals surface area contributed by atoms with Gasteiger partial charge in [-0.2, -0.15) is 15.8 Å². The molecule has 84 heavy (non-hydrogen) atoms. The first-order valence-electron chi connectivity index (χ1n) is 27.9. The van der Waals surface area contributed by atoms with E-state index in [1.807, 2.05) is 24.3 Å². The van der Waals surface area contributed by atoms with Gasteiger partial charge in [0.2, 0.25) is 0 Å². The number of aromatic nitrogens is 3. The lowest BCUT2D eigenvalue weighted by atomic mass is 9.80. The Kier molecular flexibility index (Phi) is 19.0. The zero-order chi connectivity index (χ0) is 58.3. The summed E-state index contributed by atoms with van der Waals surface area (Å²) in [4.78, 5) is 22.5. The zero-order valence-corrected chi connectivity index (χ0v) is 52.8. The van der Waals surface area contributed by atoms with Gasteiger partial charge < -0.3 is 25.3 Å². The van der Waals surface area contributed by atoms with Gasteiger partial charge in [-0.05, 0) is 191 Å². The monoisotopic (exact) mass is 1280 g/mol. The van der Waals surface area contributed by atoms with Crippen molar-refractivity contribution in [1.82, 2.24) is 15.0 Å². The van der Waals surface area contributed by atoms with Crippen LogP contribution in [0.4, 0.5) is 5.00 Å². The highest BCUT2D eigenvalue weighted by Crippen LogP contribution is 2.48. The fourth-order valence-electron chi connectivity index (χ4n) is 11.5. The van der Waals surface area contributed by atoms with Crippen molar-refractivity contribution in [2.45, 2.75) is 96.3 Å². The van der Waals surface area contributed by atoms with Gasteiger partial charge in [0.15, 0.2) is 0 Å². The number of nitrogens with zero attached hydrogens (tertiary/aromatic N) is 6. The molecule has 0 aliphatic heterocycles. The van der Waals surface area contributed by atoms with E-state index in [1.165, 1.54) is 134 Å². The summed E-state index contributed by atoms with van der Waals surface area (Å²) in [6.07, 6.45) is 17.2. The van der Waals surface area contributed by atoms with E-state index in [0.717, 1.165) is 100 Å². The summed E-state index contributed by atoms with van der Waals surface area (Å²) < 4.78 is 11.1. The van der Waals surface area contributed by atoms with Crippen molar-refractivity contribution in [3.63, 3.8) is 0 Å². The standard InChI is InChI=1S/C24H20N2OS2.C17H13BrN2S2.C17H15N3S2.C7H9BO3/c1-27-16-11-9-15(10-12-16)23-18(14-25)22-21(20-8-5-13-28-20)17-6-3-2-4-7-19(17)26-24(22)29-23;18-16-11(9-19)15-14(13-7-4-8-21-13)10-5-2-1-3-6-12(10)20-17(15)22-16;18-9-11-15-14(13-7-4-8-21-13)10-5-2-1-3-6-12(10)20-17(15)22-16(11)19;1-11-7-4-2-6(3-5-7)8(9)10/h5,8-13H,2-4,6-7H2,1H3;4,7-8H,1-3,5-6H2;4,7-8H,1-3,5-6,19H2;2-5,9-10H,1H3. The molecular formula is C65H57BBrN7O4S6. The van der Waals surface area contributed by atoms with Crippen LogP contribution in [0.2, 0.25) is 0 Å². The molecule has 422 valence electrons. The second-order valence-electron chi connectivity index (χ2n) is 20.5. The van der Waals surface area contributed by atoms with Gasteiger partial charge in [-0.1, -0.05) is 60.9 Å². The average molecular weight is 1280 g/mol. The number of halogens is 1. The highest BCUT2D eigenvalue weighted by Gasteiger charge is 2.28. The summed E-state index contributed by atoms with van der Waals surface area (Å²) in [7, 11) is 1.82. The Morgan fingerprint density at radius 3 is 1.30 bits per heavy atom. The normalized spacial score (nSPS) is 13.5. The molecule has 0 radical (unpaired) electrons.